The van der Waals surface area contributed by atoms with E-state index >= 15 is 0 Å². The van der Waals surface area contributed by atoms with Gasteiger partial charge in [-0.15, -0.1) is 0 Å². The van der Waals surface area contributed by atoms with Gasteiger partial charge in [-0.1, -0.05) is 25.1 Å². The molecule has 1 atom stereocenters. The molecule has 0 saturated carbocycles. The maximum atomic E-state index is 13.0. The van der Waals surface area contributed by atoms with Gasteiger partial charge in [0.2, 0.25) is 5.91 Å². The molecule has 2 aromatic heterocycles. The summed E-state index contributed by atoms with van der Waals surface area (Å²) in [5, 5.41) is 15.5. The minimum atomic E-state index is -0.266. The van der Waals surface area contributed by atoms with E-state index in [1.807, 2.05) is 71.7 Å². The van der Waals surface area contributed by atoms with Crippen LogP contribution in [0.2, 0.25) is 0 Å². The number of ether oxygens (including phenoxy) is 2. The summed E-state index contributed by atoms with van der Waals surface area (Å²) in [7, 11) is 3.22. The Balaban J connectivity index is 1.59. The van der Waals surface area contributed by atoms with Crippen LogP contribution in [0.5, 0.6) is 11.5 Å². The van der Waals surface area contributed by atoms with Crippen molar-refractivity contribution in [1.82, 2.24) is 14.8 Å². The lowest BCUT2D eigenvalue weighted by atomic mass is 9.97. The van der Waals surface area contributed by atoms with Crippen molar-refractivity contribution in [1.29, 1.82) is 0 Å². The van der Waals surface area contributed by atoms with Crippen molar-refractivity contribution in [3.8, 4) is 28.4 Å². The lowest BCUT2D eigenvalue weighted by molar-refractivity contribution is -0.132. The second-order valence-corrected chi connectivity index (χ2v) is 8.93. The molecule has 1 aliphatic rings. The molecule has 0 N–H and O–H groups in total. The average molecular weight is 487 g/mol. The van der Waals surface area contributed by atoms with E-state index in [-0.39, 0.29) is 11.9 Å². The molecule has 0 fully saturated rings. The summed E-state index contributed by atoms with van der Waals surface area (Å²) in [5.41, 5.74) is 5.53. The Hall–Kier alpha value is -3.91. The zero-order valence-electron chi connectivity index (χ0n) is 19.8. The van der Waals surface area contributed by atoms with E-state index in [4.69, 9.17) is 19.7 Å². The largest absolute Gasteiger partial charge is 0.493 e. The molecule has 2 aromatic carbocycles. The van der Waals surface area contributed by atoms with Crippen molar-refractivity contribution in [2.45, 2.75) is 25.8 Å². The van der Waals surface area contributed by atoms with E-state index in [0.29, 0.717) is 24.3 Å². The Morgan fingerprint density at radius 1 is 1.06 bits per heavy atom. The number of methoxy groups -OCH3 is 2. The number of thiophene rings is 1. The minimum Gasteiger partial charge on any atom is -0.493 e. The highest BCUT2D eigenvalue weighted by atomic mass is 32.1. The third-order valence-electron chi connectivity index (χ3n) is 6.10. The lowest BCUT2D eigenvalue weighted by Gasteiger charge is -2.21. The van der Waals surface area contributed by atoms with Crippen LogP contribution < -0.4 is 9.47 Å². The molecule has 1 unspecified atom stereocenters. The molecule has 0 radical (unpaired) electrons. The summed E-state index contributed by atoms with van der Waals surface area (Å²) in [6, 6.07) is 17.5. The molecular weight excluding hydrogens is 460 g/mol. The summed E-state index contributed by atoms with van der Waals surface area (Å²) in [5.74, 6) is 1.24. The number of nitrogens with zero attached hydrogens (tertiary/aromatic N) is 4. The molecule has 0 spiro atoms. The molecule has 4 aromatic rings. The highest BCUT2D eigenvalue weighted by molar-refractivity contribution is 7.08. The molecule has 7 nitrogen and oxygen atoms in total. The summed E-state index contributed by atoms with van der Waals surface area (Å²) < 4.78 is 12.8. The molecule has 5 rings (SSSR count). The van der Waals surface area contributed by atoms with Gasteiger partial charge in [-0.25, -0.2) is 9.69 Å². The fourth-order valence-electron chi connectivity index (χ4n) is 4.30. The van der Waals surface area contributed by atoms with Crippen LogP contribution in [0.15, 0.2) is 76.7 Å². The van der Waals surface area contributed by atoms with Crippen LogP contribution in [0.25, 0.3) is 16.9 Å². The number of hydrogen-bond acceptors (Lipinski definition) is 6. The van der Waals surface area contributed by atoms with Gasteiger partial charge in [-0.3, -0.25) is 4.79 Å². The van der Waals surface area contributed by atoms with E-state index in [1.54, 1.807) is 30.6 Å². The van der Waals surface area contributed by atoms with E-state index in [2.05, 4.69) is 11.4 Å². The predicted octanol–water partition coefficient (Wildman–Crippen LogP) is 5.71. The first-order valence-corrected chi connectivity index (χ1v) is 12.4. The van der Waals surface area contributed by atoms with Crippen molar-refractivity contribution >= 4 is 23.0 Å². The first-order chi connectivity index (χ1) is 17.1. The van der Waals surface area contributed by atoms with Crippen molar-refractivity contribution in [2.24, 2.45) is 5.10 Å². The van der Waals surface area contributed by atoms with Crippen LogP contribution in [0.4, 0.5) is 0 Å². The Kier molecular flexibility index (Phi) is 6.37. The Morgan fingerprint density at radius 2 is 1.86 bits per heavy atom. The van der Waals surface area contributed by atoms with Gasteiger partial charge in [0, 0.05) is 41.1 Å². The Bertz CT molecular complexity index is 1360. The van der Waals surface area contributed by atoms with Crippen molar-refractivity contribution < 1.29 is 14.3 Å². The molecule has 0 bridgehead atoms. The lowest BCUT2D eigenvalue weighted by Crippen LogP contribution is -2.26. The van der Waals surface area contributed by atoms with Crippen LogP contribution in [0.1, 0.15) is 36.9 Å². The third kappa shape index (κ3) is 4.33. The first-order valence-electron chi connectivity index (χ1n) is 11.4. The number of carbonyl (C=O) groups excluding carboxylic acids is 1. The molecule has 8 heteroatoms. The van der Waals surface area contributed by atoms with Crippen LogP contribution in [-0.2, 0) is 4.79 Å². The van der Waals surface area contributed by atoms with Gasteiger partial charge in [0.05, 0.1) is 37.4 Å². The molecule has 178 valence electrons. The van der Waals surface area contributed by atoms with Crippen molar-refractivity contribution in [3.05, 3.63) is 82.7 Å². The molecule has 1 amide bonds. The van der Waals surface area contributed by atoms with Gasteiger partial charge in [0.1, 0.15) is 0 Å². The highest BCUT2D eigenvalue weighted by Crippen LogP contribution is 2.40. The van der Waals surface area contributed by atoms with Crippen molar-refractivity contribution in [3.63, 3.8) is 0 Å². The zero-order valence-corrected chi connectivity index (χ0v) is 20.7. The highest BCUT2D eigenvalue weighted by Gasteiger charge is 2.35. The van der Waals surface area contributed by atoms with Crippen molar-refractivity contribution in [2.75, 3.05) is 14.2 Å². The number of benzene rings is 2. The summed E-state index contributed by atoms with van der Waals surface area (Å²) >= 11 is 1.62. The summed E-state index contributed by atoms with van der Waals surface area (Å²) in [6.45, 7) is 1.86. The molecular formula is C27H26N4O3S. The number of hydrazone groups is 1. The van der Waals surface area contributed by atoms with Crippen LogP contribution in [-0.4, -0.2) is 40.6 Å². The van der Waals surface area contributed by atoms with E-state index in [1.165, 1.54) is 0 Å². The zero-order chi connectivity index (χ0) is 24.4. The fourth-order valence-corrected chi connectivity index (χ4v) is 4.94. The maximum absolute atomic E-state index is 13.0. The number of carbonyl (C=O) groups is 1. The Morgan fingerprint density at radius 3 is 2.54 bits per heavy atom. The number of rotatable bonds is 7. The first kappa shape index (κ1) is 22.9. The number of amides is 1. The molecule has 0 aliphatic carbocycles. The third-order valence-corrected chi connectivity index (χ3v) is 6.79. The molecule has 3 heterocycles. The number of para-hydroxylation sites is 1. The standard InChI is InChI=1S/C27H26N4O3S/c1-4-26(32)31-23(15-22(28-31)18-10-11-24(33-2)25(14-18)34-3)21-16-30(20-8-6-5-7-9-20)29-27(21)19-12-13-35-17-19/h5-14,16-17,23H,4,15H2,1-3H3. The van der Waals surface area contributed by atoms with Crippen LogP contribution >= 0.6 is 11.3 Å². The molecule has 0 saturated heterocycles. The SMILES string of the molecule is CCC(=O)N1N=C(c2ccc(OC)c(OC)c2)CC1c1cn(-c2ccccc2)nc1-c1ccsc1. The van der Waals surface area contributed by atoms with E-state index < -0.39 is 0 Å². The van der Waals surface area contributed by atoms with Gasteiger partial charge >= 0.3 is 0 Å². The quantitative estimate of drug-likeness (QED) is 0.336. The molecule has 1 aliphatic heterocycles. The second kappa shape index (κ2) is 9.76. The average Bonchev–Trinajstić information content (AvgIpc) is 3.67. The normalized spacial score (nSPS) is 15.2. The monoisotopic (exact) mass is 486 g/mol. The van der Waals surface area contributed by atoms with Gasteiger partial charge < -0.3 is 9.47 Å². The van der Waals surface area contributed by atoms with Gasteiger partial charge in [0.25, 0.3) is 0 Å². The fraction of sp³-hybridized carbons (Fsp3) is 0.222. The smallest absolute Gasteiger partial charge is 0.242 e. The van der Waals surface area contributed by atoms with Crippen LogP contribution in [0.3, 0.4) is 0 Å². The maximum Gasteiger partial charge on any atom is 0.242 e. The van der Waals surface area contributed by atoms with E-state index in [0.717, 1.165) is 33.8 Å². The van der Waals surface area contributed by atoms with E-state index in [9.17, 15) is 4.79 Å². The topological polar surface area (TPSA) is 69.0 Å². The van der Waals surface area contributed by atoms with Gasteiger partial charge in [-0.2, -0.15) is 21.5 Å². The van der Waals surface area contributed by atoms with Gasteiger partial charge in [-0.05, 0) is 41.8 Å². The van der Waals surface area contributed by atoms with Crippen LogP contribution in [0, 0.1) is 0 Å². The molecule has 35 heavy (non-hydrogen) atoms. The minimum absolute atomic E-state index is 0.0331. The summed E-state index contributed by atoms with van der Waals surface area (Å²) in [4.78, 5) is 13.0. The predicted molar refractivity (Wildman–Crippen MR) is 137 cm³/mol. The second-order valence-electron chi connectivity index (χ2n) is 8.15. The number of aromatic nitrogens is 2. The Labute approximate surface area is 208 Å². The number of hydrogen-bond donors (Lipinski definition) is 0. The summed E-state index contributed by atoms with van der Waals surface area (Å²) in [6.07, 6.45) is 2.95. The van der Waals surface area contributed by atoms with Gasteiger partial charge in [0.15, 0.2) is 11.5 Å².